The fraction of sp³-hybridized carbons (Fsp3) is 0.200. The van der Waals surface area contributed by atoms with E-state index in [0.29, 0.717) is 12.2 Å². The predicted octanol–water partition coefficient (Wildman–Crippen LogP) is 2.92. The fourth-order valence-electron chi connectivity index (χ4n) is 2.59. The van der Waals surface area contributed by atoms with Gasteiger partial charge in [-0.25, -0.2) is 13.4 Å². The molecule has 2 aromatic carbocycles. The number of anilines is 1. The summed E-state index contributed by atoms with van der Waals surface area (Å²) in [6.07, 6.45) is 6.02. The van der Waals surface area contributed by atoms with Crippen molar-refractivity contribution in [3.8, 4) is 5.75 Å². The molecule has 1 aromatic heterocycles. The second kappa shape index (κ2) is 10.1. The van der Waals surface area contributed by atoms with Crippen LogP contribution in [0.1, 0.15) is 6.42 Å². The van der Waals surface area contributed by atoms with Crippen LogP contribution < -0.4 is 14.8 Å². The first-order valence-electron chi connectivity index (χ1n) is 9.17. The molecule has 10 heteroatoms. The van der Waals surface area contributed by atoms with Gasteiger partial charge < -0.3 is 14.6 Å². The number of hydrogen-bond acceptors (Lipinski definition) is 5. The lowest BCUT2D eigenvalue weighted by atomic mass is 10.3. The average molecular weight is 449 g/mol. The molecule has 0 aliphatic rings. The second-order valence-corrected chi connectivity index (χ2v) is 8.45. The quantitative estimate of drug-likeness (QED) is 0.464. The Bertz CT molecular complexity index is 1070. The van der Waals surface area contributed by atoms with E-state index in [1.165, 1.54) is 18.2 Å². The molecule has 3 aromatic rings. The van der Waals surface area contributed by atoms with E-state index in [4.69, 9.17) is 16.3 Å². The molecular formula is C20H21ClN4O4S. The van der Waals surface area contributed by atoms with Gasteiger partial charge in [-0.1, -0.05) is 29.8 Å². The first kappa shape index (κ1) is 21.7. The van der Waals surface area contributed by atoms with Gasteiger partial charge in [0.15, 0.2) is 6.61 Å². The van der Waals surface area contributed by atoms with Crippen molar-refractivity contribution in [3.05, 3.63) is 72.3 Å². The highest BCUT2D eigenvalue weighted by Crippen LogP contribution is 2.28. The summed E-state index contributed by atoms with van der Waals surface area (Å²) in [6.45, 7) is 1.02. The Morgan fingerprint density at radius 3 is 2.67 bits per heavy atom. The van der Waals surface area contributed by atoms with E-state index in [0.717, 1.165) is 13.0 Å². The number of halogens is 1. The number of rotatable bonds is 10. The maximum atomic E-state index is 12.5. The number of aromatic nitrogens is 2. The first-order chi connectivity index (χ1) is 14.4. The van der Waals surface area contributed by atoms with Crippen LogP contribution in [0.5, 0.6) is 5.75 Å². The number of carbonyl (C=O) groups excluding carboxylic acids is 1. The Morgan fingerprint density at radius 2 is 1.97 bits per heavy atom. The SMILES string of the molecule is O=C(COc1ccc(S(=O)(=O)Nc2ccccc2)cc1Cl)NCCCn1ccnc1. The Labute approximate surface area is 179 Å². The Balaban J connectivity index is 1.49. The third-order valence-corrected chi connectivity index (χ3v) is 5.75. The van der Waals surface area contributed by atoms with Crippen molar-refractivity contribution in [2.75, 3.05) is 17.9 Å². The lowest BCUT2D eigenvalue weighted by Gasteiger charge is -2.11. The van der Waals surface area contributed by atoms with Crippen molar-refractivity contribution in [1.29, 1.82) is 0 Å². The van der Waals surface area contributed by atoms with E-state index in [-0.39, 0.29) is 28.2 Å². The van der Waals surface area contributed by atoms with Gasteiger partial charge in [0.1, 0.15) is 5.75 Å². The van der Waals surface area contributed by atoms with Crippen LogP contribution in [0.4, 0.5) is 5.69 Å². The molecule has 0 atom stereocenters. The predicted molar refractivity (Wildman–Crippen MR) is 114 cm³/mol. The van der Waals surface area contributed by atoms with E-state index >= 15 is 0 Å². The number of hydrogen-bond donors (Lipinski definition) is 2. The standard InChI is InChI=1S/C20H21ClN4O4S/c21-18-13-17(30(27,28)24-16-5-2-1-3-6-16)7-8-19(18)29-14-20(26)23-9-4-11-25-12-10-22-15-25/h1-3,5-8,10,12-13,15,24H,4,9,11,14H2,(H,23,26). The molecule has 0 spiro atoms. The number of para-hydroxylation sites is 1. The lowest BCUT2D eigenvalue weighted by Crippen LogP contribution is -2.30. The summed E-state index contributed by atoms with van der Waals surface area (Å²) in [7, 11) is -3.79. The maximum absolute atomic E-state index is 12.5. The van der Waals surface area contributed by atoms with Crippen LogP contribution in [0.25, 0.3) is 0 Å². The highest BCUT2D eigenvalue weighted by Gasteiger charge is 2.16. The number of amides is 1. The number of ether oxygens (including phenoxy) is 1. The molecule has 1 heterocycles. The minimum atomic E-state index is -3.79. The van der Waals surface area contributed by atoms with Gasteiger partial charge in [0.25, 0.3) is 15.9 Å². The number of imidazole rings is 1. The molecule has 3 rings (SSSR count). The smallest absolute Gasteiger partial charge is 0.261 e. The molecule has 0 aliphatic heterocycles. The zero-order valence-corrected chi connectivity index (χ0v) is 17.6. The van der Waals surface area contributed by atoms with Gasteiger partial charge in [-0.15, -0.1) is 0 Å². The summed E-state index contributed by atoms with van der Waals surface area (Å²) in [4.78, 5) is 15.9. The third kappa shape index (κ3) is 6.23. The van der Waals surface area contributed by atoms with Crippen LogP contribution in [-0.2, 0) is 21.4 Å². The molecule has 0 saturated carbocycles. The summed E-state index contributed by atoms with van der Waals surface area (Å²) >= 11 is 6.15. The van der Waals surface area contributed by atoms with E-state index in [2.05, 4.69) is 15.0 Å². The average Bonchev–Trinajstić information content (AvgIpc) is 3.24. The van der Waals surface area contributed by atoms with Crippen LogP contribution in [0.2, 0.25) is 5.02 Å². The molecule has 8 nitrogen and oxygen atoms in total. The fourth-order valence-corrected chi connectivity index (χ4v) is 3.97. The Morgan fingerprint density at radius 1 is 1.17 bits per heavy atom. The van der Waals surface area contributed by atoms with Gasteiger partial charge >= 0.3 is 0 Å². The van der Waals surface area contributed by atoms with Crippen LogP contribution in [0.15, 0.2) is 72.1 Å². The van der Waals surface area contributed by atoms with Crippen molar-refractivity contribution in [3.63, 3.8) is 0 Å². The van der Waals surface area contributed by atoms with Crippen molar-refractivity contribution < 1.29 is 17.9 Å². The molecular weight excluding hydrogens is 428 g/mol. The zero-order chi connectivity index (χ0) is 21.4. The second-order valence-electron chi connectivity index (χ2n) is 6.36. The normalized spacial score (nSPS) is 11.1. The molecule has 0 radical (unpaired) electrons. The topological polar surface area (TPSA) is 102 Å². The van der Waals surface area contributed by atoms with Gasteiger partial charge in [-0.05, 0) is 36.8 Å². The van der Waals surface area contributed by atoms with Gasteiger partial charge in [-0.3, -0.25) is 9.52 Å². The largest absolute Gasteiger partial charge is 0.482 e. The number of carbonyl (C=O) groups is 1. The van der Waals surface area contributed by atoms with Crippen molar-refractivity contribution in [2.24, 2.45) is 0 Å². The summed E-state index contributed by atoms with van der Waals surface area (Å²) in [5, 5.41) is 2.85. The first-order valence-corrected chi connectivity index (χ1v) is 11.0. The summed E-state index contributed by atoms with van der Waals surface area (Å²) < 4.78 is 34.8. The highest BCUT2D eigenvalue weighted by atomic mass is 35.5. The van der Waals surface area contributed by atoms with Crippen molar-refractivity contribution >= 4 is 33.2 Å². The summed E-state index contributed by atoms with van der Waals surface area (Å²) in [6, 6.07) is 12.6. The third-order valence-electron chi connectivity index (χ3n) is 4.07. The van der Waals surface area contributed by atoms with E-state index in [9.17, 15) is 13.2 Å². The van der Waals surface area contributed by atoms with Crippen LogP contribution in [0, 0.1) is 0 Å². The van der Waals surface area contributed by atoms with E-state index < -0.39 is 10.0 Å². The molecule has 0 saturated heterocycles. The summed E-state index contributed by atoms with van der Waals surface area (Å²) in [5.74, 6) is -0.0666. The summed E-state index contributed by atoms with van der Waals surface area (Å²) in [5.41, 5.74) is 0.443. The molecule has 0 bridgehead atoms. The number of nitrogens with zero attached hydrogens (tertiary/aromatic N) is 2. The molecule has 0 unspecified atom stereocenters. The number of aryl methyl sites for hydroxylation is 1. The minimum Gasteiger partial charge on any atom is -0.482 e. The minimum absolute atomic E-state index is 0.00680. The monoisotopic (exact) mass is 448 g/mol. The molecule has 2 N–H and O–H groups in total. The highest BCUT2D eigenvalue weighted by molar-refractivity contribution is 7.92. The lowest BCUT2D eigenvalue weighted by molar-refractivity contribution is -0.123. The molecule has 0 fully saturated rings. The van der Waals surface area contributed by atoms with E-state index in [1.807, 2.05) is 10.8 Å². The molecule has 30 heavy (non-hydrogen) atoms. The molecule has 1 amide bonds. The molecule has 158 valence electrons. The zero-order valence-electron chi connectivity index (χ0n) is 16.0. The number of nitrogens with one attached hydrogen (secondary N) is 2. The van der Waals surface area contributed by atoms with Gasteiger partial charge in [0.05, 0.1) is 16.2 Å². The van der Waals surface area contributed by atoms with E-state index in [1.54, 1.807) is 42.9 Å². The number of benzene rings is 2. The maximum Gasteiger partial charge on any atom is 0.261 e. The Hall–Kier alpha value is -3.04. The van der Waals surface area contributed by atoms with Gasteiger partial charge in [-0.2, -0.15) is 0 Å². The van der Waals surface area contributed by atoms with Crippen LogP contribution >= 0.6 is 11.6 Å². The van der Waals surface area contributed by atoms with Gasteiger partial charge in [0.2, 0.25) is 0 Å². The Kier molecular flexibility index (Phi) is 7.31. The van der Waals surface area contributed by atoms with Crippen LogP contribution in [-0.4, -0.2) is 37.0 Å². The van der Waals surface area contributed by atoms with Crippen molar-refractivity contribution in [1.82, 2.24) is 14.9 Å². The van der Waals surface area contributed by atoms with Crippen LogP contribution in [0.3, 0.4) is 0 Å². The molecule has 0 aliphatic carbocycles. The van der Waals surface area contributed by atoms with Crippen molar-refractivity contribution in [2.45, 2.75) is 17.9 Å². The number of sulfonamides is 1. The van der Waals surface area contributed by atoms with Gasteiger partial charge in [0, 0.05) is 31.2 Å².